The van der Waals surface area contributed by atoms with Gasteiger partial charge in [0.15, 0.2) is 0 Å². The summed E-state index contributed by atoms with van der Waals surface area (Å²) in [5.41, 5.74) is 0.550. The monoisotopic (exact) mass is 269 g/mol. The highest BCUT2D eigenvalue weighted by molar-refractivity contribution is 9.09. The first-order chi connectivity index (χ1) is 7.17. The number of rotatable bonds is 2. The van der Waals surface area contributed by atoms with Crippen LogP contribution in [0.2, 0.25) is 0 Å². The molecule has 0 aromatic heterocycles. The van der Waals surface area contributed by atoms with Gasteiger partial charge in [-0.15, -0.1) is 0 Å². The predicted molar refractivity (Wildman–Crippen MR) is 60.3 cm³/mol. The summed E-state index contributed by atoms with van der Waals surface area (Å²) < 4.78 is 4.94. The van der Waals surface area contributed by atoms with E-state index >= 15 is 0 Å². The van der Waals surface area contributed by atoms with Crippen LogP contribution in [0.4, 0.5) is 5.69 Å². The molecule has 1 aromatic carbocycles. The Hall–Kier alpha value is -1.54. The second-order valence-electron chi connectivity index (χ2n) is 2.61. The number of non-ortho nitro benzene ring substituents is 1. The molecule has 0 unspecified atom stereocenters. The molecular weight excluding hydrogens is 262 g/mol. The number of alkyl halides is 1. The lowest BCUT2D eigenvalue weighted by molar-refractivity contribution is -0.384. The van der Waals surface area contributed by atoms with Crippen LogP contribution < -0.4 is 4.74 Å². The molecule has 1 rings (SSSR count). The Morgan fingerprint density at radius 2 is 2.27 bits per heavy atom. The summed E-state index contributed by atoms with van der Waals surface area (Å²) in [7, 11) is 1.46. The van der Waals surface area contributed by atoms with Crippen LogP contribution in [0.5, 0.6) is 5.75 Å². The van der Waals surface area contributed by atoms with Crippen molar-refractivity contribution in [3.8, 4) is 17.6 Å². The van der Waals surface area contributed by atoms with Crippen molar-refractivity contribution in [3.63, 3.8) is 0 Å². The molecule has 0 atom stereocenters. The molecule has 0 heterocycles. The molecule has 0 aliphatic rings. The Labute approximate surface area is 95.5 Å². The molecule has 0 bridgehead atoms. The highest BCUT2D eigenvalue weighted by atomic mass is 79.9. The highest BCUT2D eigenvalue weighted by Gasteiger charge is 2.08. The van der Waals surface area contributed by atoms with Crippen molar-refractivity contribution in [2.24, 2.45) is 0 Å². The molecule has 0 fully saturated rings. The lowest BCUT2D eigenvalue weighted by Crippen LogP contribution is -1.91. The summed E-state index contributed by atoms with van der Waals surface area (Å²) >= 11 is 3.15. The van der Waals surface area contributed by atoms with Crippen LogP contribution in [0, 0.1) is 22.0 Å². The summed E-state index contributed by atoms with van der Waals surface area (Å²) in [6.45, 7) is 0. The smallest absolute Gasteiger partial charge is 0.274 e. The third-order valence-electron chi connectivity index (χ3n) is 1.64. The molecule has 0 spiro atoms. The molecule has 0 N–H and O–H groups in total. The number of halogens is 1. The van der Waals surface area contributed by atoms with Crippen molar-refractivity contribution in [2.75, 3.05) is 12.4 Å². The molecule has 78 valence electrons. The minimum atomic E-state index is -0.470. The Kier molecular flexibility index (Phi) is 4.13. The topological polar surface area (TPSA) is 52.4 Å². The zero-order valence-corrected chi connectivity index (χ0v) is 9.58. The fourth-order valence-corrected chi connectivity index (χ4v) is 1.15. The molecule has 0 saturated heterocycles. The number of nitro benzene ring substituents is 1. The van der Waals surface area contributed by atoms with Gasteiger partial charge in [-0.05, 0) is 6.07 Å². The summed E-state index contributed by atoms with van der Waals surface area (Å²) in [5, 5.41) is 11.1. The van der Waals surface area contributed by atoms with E-state index in [9.17, 15) is 10.1 Å². The van der Waals surface area contributed by atoms with E-state index in [0.29, 0.717) is 16.6 Å². The SMILES string of the molecule is COc1cc(C#CCBr)cc([N+](=O)[O-])c1. The van der Waals surface area contributed by atoms with Crippen molar-refractivity contribution in [2.45, 2.75) is 0 Å². The third kappa shape index (κ3) is 3.26. The van der Waals surface area contributed by atoms with E-state index in [1.54, 1.807) is 6.07 Å². The van der Waals surface area contributed by atoms with Gasteiger partial charge in [0.2, 0.25) is 0 Å². The van der Waals surface area contributed by atoms with Crippen LogP contribution in [0.1, 0.15) is 5.56 Å². The maximum Gasteiger partial charge on any atom is 0.274 e. The van der Waals surface area contributed by atoms with Gasteiger partial charge < -0.3 is 4.74 Å². The molecule has 5 heteroatoms. The van der Waals surface area contributed by atoms with Gasteiger partial charge in [0.1, 0.15) is 5.75 Å². The molecule has 0 aliphatic carbocycles. The number of benzene rings is 1. The number of hydrogen-bond donors (Lipinski definition) is 0. The molecule has 4 nitrogen and oxygen atoms in total. The Morgan fingerprint density at radius 3 is 2.80 bits per heavy atom. The minimum Gasteiger partial charge on any atom is -0.496 e. The standard InChI is InChI=1S/C10H8BrNO3/c1-15-10-6-8(3-2-4-11)5-9(7-10)12(13)14/h5-7H,4H2,1H3. The van der Waals surface area contributed by atoms with Gasteiger partial charge in [0.25, 0.3) is 5.69 Å². The van der Waals surface area contributed by atoms with Gasteiger partial charge in [-0.1, -0.05) is 27.8 Å². The van der Waals surface area contributed by atoms with Gasteiger partial charge in [-0.25, -0.2) is 0 Å². The summed E-state index contributed by atoms with van der Waals surface area (Å²) in [4.78, 5) is 10.1. The summed E-state index contributed by atoms with van der Waals surface area (Å²) in [6.07, 6.45) is 0. The maximum absolute atomic E-state index is 10.6. The largest absolute Gasteiger partial charge is 0.496 e. The molecule has 0 saturated carbocycles. The van der Waals surface area contributed by atoms with Gasteiger partial charge in [0.05, 0.1) is 23.4 Å². The van der Waals surface area contributed by atoms with Crippen molar-refractivity contribution >= 4 is 21.6 Å². The maximum atomic E-state index is 10.6. The lowest BCUT2D eigenvalue weighted by atomic mass is 10.2. The fourth-order valence-electron chi connectivity index (χ4n) is 1.01. The van der Waals surface area contributed by atoms with Crippen molar-refractivity contribution < 1.29 is 9.66 Å². The first kappa shape index (κ1) is 11.5. The third-order valence-corrected chi connectivity index (χ3v) is 1.92. The minimum absolute atomic E-state index is 0.0202. The summed E-state index contributed by atoms with van der Waals surface area (Å²) in [5.74, 6) is 5.99. The van der Waals surface area contributed by atoms with Crippen LogP contribution in [0.25, 0.3) is 0 Å². The number of hydrogen-bond acceptors (Lipinski definition) is 3. The average molecular weight is 270 g/mol. The van der Waals surface area contributed by atoms with Crippen molar-refractivity contribution in [3.05, 3.63) is 33.9 Å². The van der Waals surface area contributed by atoms with E-state index in [2.05, 4.69) is 27.8 Å². The number of methoxy groups -OCH3 is 1. The number of nitro groups is 1. The average Bonchev–Trinajstić information content (AvgIpc) is 2.25. The van der Waals surface area contributed by atoms with Crippen molar-refractivity contribution in [1.82, 2.24) is 0 Å². The second kappa shape index (κ2) is 5.37. The van der Waals surface area contributed by atoms with Crippen LogP contribution in [-0.4, -0.2) is 17.4 Å². The zero-order valence-electron chi connectivity index (χ0n) is 7.99. The first-order valence-electron chi connectivity index (χ1n) is 4.05. The Bertz CT molecular complexity index is 434. The Balaban J connectivity index is 3.17. The Morgan fingerprint density at radius 1 is 1.53 bits per heavy atom. The van der Waals surface area contributed by atoms with Crippen molar-refractivity contribution in [1.29, 1.82) is 0 Å². The second-order valence-corrected chi connectivity index (χ2v) is 3.17. The fraction of sp³-hybridized carbons (Fsp3) is 0.200. The van der Waals surface area contributed by atoms with E-state index in [1.165, 1.54) is 19.2 Å². The molecule has 1 aromatic rings. The van der Waals surface area contributed by atoms with E-state index in [0.717, 1.165) is 0 Å². The van der Waals surface area contributed by atoms with Gasteiger partial charge in [0, 0.05) is 11.6 Å². The van der Waals surface area contributed by atoms with Gasteiger partial charge in [-0.2, -0.15) is 0 Å². The normalized spacial score (nSPS) is 8.93. The van der Waals surface area contributed by atoms with E-state index in [1.807, 2.05) is 0 Å². The number of nitrogens with zero attached hydrogens (tertiary/aromatic N) is 1. The lowest BCUT2D eigenvalue weighted by Gasteiger charge is -2.00. The quantitative estimate of drug-likeness (QED) is 0.359. The van der Waals surface area contributed by atoms with Crippen LogP contribution in [-0.2, 0) is 0 Å². The van der Waals surface area contributed by atoms with E-state index in [4.69, 9.17) is 4.74 Å². The molecule has 0 aliphatic heterocycles. The van der Waals surface area contributed by atoms with Crippen LogP contribution in [0.3, 0.4) is 0 Å². The first-order valence-corrected chi connectivity index (χ1v) is 5.18. The molecule has 0 radical (unpaired) electrons. The molecule has 15 heavy (non-hydrogen) atoms. The van der Waals surface area contributed by atoms with Crippen LogP contribution in [0.15, 0.2) is 18.2 Å². The highest BCUT2D eigenvalue weighted by Crippen LogP contribution is 2.21. The number of ether oxygens (including phenoxy) is 1. The molecule has 0 amide bonds. The predicted octanol–water partition coefficient (Wildman–Crippen LogP) is 2.35. The van der Waals surface area contributed by atoms with E-state index in [-0.39, 0.29) is 5.69 Å². The zero-order chi connectivity index (χ0) is 11.3. The molecular formula is C10H8BrNO3. The summed E-state index contributed by atoms with van der Waals surface area (Å²) in [6, 6.07) is 4.43. The van der Waals surface area contributed by atoms with Gasteiger partial charge in [-0.3, -0.25) is 10.1 Å². The van der Waals surface area contributed by atoms with Gasteiger partial charge >= 0.3 is 0 Å². The van der Waals surface area contributed by atoms with E-state index < -0.39 is 4.92 Å². The van der Waals surface area contributed by atoms with Crippen LogP contribution >= 0.6 is 15.9 Å².